The molecule has 10 heavy (non-hydrogen) atoms. The molecule has 3 nitrogen and oxygen atoms in total. The van der Waals surface area contributed by atoms with Crippen molar-refractivity contribution in [1.29, 1.82) is 0 Å². The van der Waals surface area contributed by atoms with Crippen molar-refractivity contribution in [1.82, 2.24) is 0 Å². The van der Waals surface area contributed by atoms with Crippen LogP contribution in [0.15, 0.2) is 0 Å². The van der Waals surface area contributed by atoms with Crippen LogP contribution in [-0.4, -0.2) is 21.8 Å². The average molecular weight is 164 g/mol. The van der Waals surface area contributed by atoms with Gasteiger partial charge < -0.3 is 0 Å². The van der Waals surface area contributed by atoms with E-state index in [4.69, 9.17) is 4.18 Å². The summed E-state index contributed by atoms with van der Waals surface area (Å²) in [7, 11) is 0. The molecule has 2 unspecified atom stereocenters. The second-order valence-corrected chi connectivity index (χ2v) is 3.38. The van der Waals surface area contributed by atoms with E-state index in [9.17, 15) is 9.00 Å². The van der Waals surface area contributed by atoms with Gasteiger partial charge in [-0.15, -0.1) is 0 Å². The van der Waals surface area contributed by atoms with Crippen molar-refractivity contribution in [2.75, 3.05) is 6.61 Å². The fourth-order valence-electron chi connectivity index (χ4n) is 0.354. The van der Waals surface area contributed by atoms with E-state index in [2.05, 4.69) is 0 Å². The van der Waals surface area contributed by atoms with Crippen LogP contribution in [0.25, 0.3) is 0 Å². The molecule has 0 radical (unpaired) electrons. The standard InChI is InChI=1S/C6H12O3S/c1-4-9-10(8)6(3)5(2)7/h6H,4H2,1-3H3. The molecule has 0 aromatic heterocycles. The highest BCUT2D eigenvalue weighted by Gasteiger charge is 2.15. The molecule has 0 aliphatic heterocycles. The molecule has 0 aliphatic rings. The van der Waals surface area contributed by atoms with Crippen molar-refractivity contribution in [3.8, 4) is 0 Å². The van der Waals surface area contributed by atoms with Gasteiger partial charge in [-0.1, -0.05) is 0 Å². The first-order valence-electron chi connectivity index (χ1n) is 3.13. The number of carbonyl (C=O) groups excluding carboxylic acids is 1. The smallest absolute Gasteiger partial charge is 0.165 e. The van der Waals surface area contributed by atoms with Crippen LogP contribution < -0.4 is 0 Å². The van der Waals surface area contributed by atoms with Gasteiger partial charge in [0.2, 0.25) is 0 Å². The minimum absolute atomic E-state index is 0.105. The Bertz CT molecular complexity index is 144. The largest absolute Gasteiger partial charge is 0.299 e. The zero-order valence-electron chi connectivity index (χ0n) is 6.42. The minimum atomic E-state index is -1.44. The summed E-state index contributed by atoms with van der Waals surface area (Å²) >= 11 is -1.44. The highest BCUT2D eigenvalue weighted by molar-refractivity contribution is 7.81. The van der Waals surface area contributed by atoms with E-state index in [0.29, 0.717) is 6.61 Å². The lowest BCUT2D eigenvalue weighted by atomic mass is 10.3. The Morgan fingerprint density at radius 1 is 1.70 bits per heavy atom. The van der Waals surface area contributed by atoms with Crippen LogP contribution in [-0.2, 0) is 20.1 Å². The fourth-order valence-corrected chi connectivity index (χ4v) is 1.06. The molecule has 0 saturated heterocycles. The van der Waals surface area contributed by atoms with E-state index in [-0.39, 0.29) is 5.78 Å². The first kappa shape index (κ1) is 9.78. The van der Waals surface area contributed by atoms with Crippen LogP contribution in [0.3, 0.4) is 0 Å². The molecule has 0 aliphatic carbocycles. The monoisotopic (exact) mass is 164 g/mol. The molecular weight excluding hydrogens is 152 g/mol. The topological polar surface area (TPSA) is 43.4 Å². The van der Waals surface area contributed by atoms with Crippen molar-refractivity contribution in [3.63, 3.8) is 0 Å². The van der Waals surface area contributed by atoms with Gasteiger partial charge in [0.25, 0.3) is 0 Å². The molecule has 0 amide bonds. The molecule has 4 heteroatoms. The van der Waals surface area contributed by atoms with Crippen molar-refractivity contribution in [2.45, 2.75) is 26.0 Å². The lowest BCUT2D eigenvalue weighted by molar-refractivity contribution is -0.116. The molecule has 0 fully saturated rings. The summed E-state index contributed by atoms with van der Waals surface area (Å²) in [6.45, 7) is 5.12. The summed E-state index contributed by atoms with van der Waals surface area (Å²) in [5.74, 6) is -0.105. The molecule has 0 spiro atoms. The number of rotatable bonds is 4. The Balaban J connectivity index is 3.82. The van der Waals surface area contributed by atoms with E-state index < -0.39 is 16.3 Å². The molecule has 0 saturated carbocycles. The minimum Gasteiger partial charge on any atom is -0.299 e. The molecule has 0 rings (SSSR count). The second-order valence-electron chi connectivity index (χ2n) is 1.92. The molecule has 0 aromatic carbocycles. The molecule has 60 valence electrons. The van der Waals surface area contributed by atoms with E-state index in [1.165, 1.54) is 6.92 Å². The van der Waals surface area contributed by atoms with Gasteiger partial charge in [0.1, 0.15) is 11.0 Å². The summed E-state index contributed by atoms with van der Waals surface area (Å²) in [5.41, 5.74) is 0. The summed E-state index contributed by atoms with van der Waals surface area (Å²) < 4.78 is 15.6. The maximum absolute atomic E-state index is 10.9. The number of carbonyl (C=O) groups is 1. The zero-order chi connectivity index (χ0) is 8.15. The Kier molecular flexibility index (Phi) is 4.47. The lowest BCUT2D eigenvalue weighted by Gasteiger charge is -2.04. The maximum atomic E-state index is 10.9. The highest BCUT2D eigenvalue weighted by atomic mass is 32.2. The Morgan fingerprint density at radius 2 is 2.20 bits per heavy atom. The first-order valence-corrected chi connectivity index (χ1v) is 4.27. The number of ketones is 1. The van der Waals surface area contributed by atoms with Gasteiger partial charge in [-0.25, -0.2) is 4.21 Å². The highest BCUT2D eigenvalue weighted by Crippen LogP contribution is 1.98. The third kappa shape index (κ3) is 3.08. The van der Waals surface area contributed by atoms with Gasteiger partial charge in [0.15, 0.2) is 11.1 Å². The third-order valence-corrected chi connectivity index (χ3v) is 2.47. The van der Waals surface area contributed by atoms with Crippen LogP contribution in [0.2, 0.25) is 0 Å². The number of hydrogen-bond acceptors (Lipinski definition) is 3. The van der Waals surface area contributed by atoms with E-state index >= 15 is 0 Å². The molecule has 0 bridgehead atoms. The van der Waals surface area contributed by atoms with Crippen LogP contribution in [0.5, 0.6) is 0 Å². The van der Waals surface area contributed by atoms with Crippen molar-refractivity contribution >= 4 is 16.9 Å². The van der Waals surface area contributed by atoms with E-state index in [1.807, 2.05) is 0 Å². The fraction of sp³-hybridized carbons (Fsp3) is 0.833. The van der Waals surface area contributed by atoms with Gasteiger partial charge in [-0.2, -0.15) is 0 Å². The number of Topliss-reactive ketones (excluding diaryl/α,β-unsaturated/α-hetero) is 1. The van der Waals surface area contributed by atoms with Crippen molar-refractivity contribution < 1.29 is 13.2 Å². The molecule has 2 atom stereocenters. The van der Waals surface area contributed by atoms with E-state index in [0.717, 1.165) is 0 Å². The quantitative estimate of drug-likeness (QED) is 0.613. The van der Waals surface area contributed by atoms with Gasteiger partial charge in [-0.3, -0.25) is 8.98 Å². The average Bonchev–Trinajstić information content (AvgIpc) is 1.87. The lowest BCUT2D eigenvalue weighted by Crippen LogP contribution is -2.21. The summed E-state index contributed by atoms with van der Waals surface area (Å²) in [6.07, 6.45) is 0. The van der Waals surface area contributed by atoms with Crippen LogP contribution in [0, 0.1) is 0 Å². The Hall–Kier alpha value is -0.220. The number of hydrogen-bond donors (Lipinski definition) is 0. The molecule has 0 heterocycles. The Labute approximate surface area is 63.4 Å². The zero-order valence-corrected chi connectivity index (χ0v) is 7.23. The summed E-state index contributed by atoms with van der Waals surface area (Å²) in [4.78, 5) is 10.6. The molecular formula is C6H12O3S. The predicted molar refractivity (Wildman–Crippen MR) is 39.9 cm³/mol. The molecule has 0 aromatic rings. The normalized spacial score (nSPS) is 16.3. The predicted octanol–water partition coefficient (Wildman–Crippen LogP) is 0.664. The second kappa shape index (κ2) is 4.57. The maximum Gasteiger partial charge on any atom is 0.165 e. The van der Waals surface area contributed by atoms with E-state index in [1.54, 1.807) is 13.8 Å². The summed E-state index contributed by atoms with van der Waals surface area (Å²) in [5, 5.41) is -0.500. The summed E-state index contributed by atoms with van der Waals surface area (Å²) in [6, 6.07) is 0. The van der Waals surface area contributed by atoms with Crippen LogP contribution in [0.1, 0.15) is 20.8 Å². The first-order chi connectivity index (χ1) is 4.59. The SMILES string of the molecule is CCOS(=O)C(C)C(C)=O. The third-order valence-electron chi connectivity index (χ3n) is 1.10. The van der Waals surface area contributed by atoms with Crippen LogP contribution >= 0.6 is 0 Å². The van der Waals surface area contributed by atoms with Gasteiger partial charge in [0, 0.05) is 0 Å². The van der Waals surface area contributed by atoms with Gasteiger partial charge in [0.05, 0.1) is 6.61 Å². The van der Waals surface area contributed by atoms with Crippen molar-refractivity contribution in [3.05, 3.63) is 0 Å². The Morgan fingerprint density at radius 3 is 2.50 bits per heavy atom. The van der Waals surface area contributed by atoms with Crippen molar-refractivity contribution in [2.24, 2.45) is 0 Å². The van der Waals surface area contributed by atoms with Crippen LogP contribution in [0.4, 0.5) is 0 Å². The van der Waals surface area contributed by atoms with Gasteiger partial charge >= 0.3 is 0 Å². The molecule has 0 N–H and O–H groups in total. The van der Waals surface area contributed by atoms with Gasteiger partial charge in [-0.05, 0) is 20.8 Å².